The Labute approximate surface area is 89.1 Å². The first-order valence-corrected chi connectivity index (χ1v) is 6.49. The van der Waals surface area contributed by atoms with Gasteiger partial charge < -0.3 is 14.9 Å². The molecule has 5 nitrogen and oxygen atoms in total. The molecule has 0 amide bonds. The lowest BCUT2D eigenvalue weighted by atomic mass is 10.3. The van der Waals surface area contributed by atoms with Crippen LogP contribution in [0.5, 0.6) is 0 Å². The van der Waals surface area contributed by atoms with Crippen LogP contribution in [0.15, 0.2) is 16.5 Å². The smallest absolute Gasteiger partial charge is 0.149 e. The molecule has 1 aromatic heterocycles. The number of ether oxygens (including phenoxy) is 1. The van der Waals surface area contributed by atoms with Crippen molar-refractivity contribution in [3.63, 3.8) is 0 Å². The molecule has 0 saturated heterocycles. The van der Waals surface area contributed by atoms with Crippen LogP contribution >= 0.6 is 0 Å². The summed E-state index contributed by atoms with van der Waals surface area (Å²) in [5.41, 5.74) is 5.68. The van der Waals surface area contributed by atoms with E-state index in [1.165, 1.54) is 0 Å². The first-order valence-electron chi connectivity index (χ1n) is 4.43. The average Bonchev–Trinajstić information content (AvgIpc) is 2.50. The van der Waals surface area contributed by atoms with Crippen molar-refractivity contribution in [1.82, 2.24) is 0 Å². The van der Waals surface area contributed by atoms with Gasteiger partial charge in [0.1, 0.15) is 28.0 Å². The summed E-state index contributed by atoms with van der Waals surface area (Å²) in [6, 6.07) is 2.77. The molecule has 0 bridgehead atoms. The minimum absolute atomic E-state index is 0.118. The second kappa shape index (κ2) is 4.78. The molecular formula is C9H15NO4S. The number of nitrogens with two attached hydrogens (primary N) is 1. The maximum atomic E-state index is 11.0. The highest BCUT2D eigenvalue weighted by Gasteiger charge is 2.16. The summed E-state index contributed by atoms with van der Waals surface area (Å²) in [5, 5.41) is 0. The van der Waals surface area contributed by atoms with Gasteiger partial charge in [-0.2, -0.15) is 0 Å². The van der Waals surface area contributed by atoms with Crippen LogP contribution in [0.3, 0.4) is 0 Å². The monoisotopic (exact) mass is 233 g/mol. The number of sulfone groups is 1. The first-order chi connectivity index (χ1) is 6.92. The minimum atomic E-state index is -3.09. The summed E-state index contributed by atoms with van der Waals surface area (Å²) in [4.78, 5) is 0. The van der Waals surface area contributed by atoms with Crippen molar-refractivity contribution >= 4 is 9.84 Å². The second-order valence-corrected chi connectivity index (χ2v) is 5.62. The lowest BCUT2D eigenvalue weighted by Gasteiger charge is -2.06. The fourth-order valence-corrected chi connectivity index (χ4v) is 2.04. The molecule has 0 radical (unpaired) electrons. The number of rotatable bonds is 5. The van der Waals surface area contributed by atoms with E-state index in [1.807, 2.05) is 0 Å². The molecule has 1 aromatic rings. The lowest BCUT2D eigenvalue weighted by Crippen LogP contribution is -2.20. The van der Waals surface area contributed by atoms with E-state index in [9.17, 15) is 8.42 Å². The Bertz CT molecular complexity index is 410. The minimum Gasteiger partial charge on any atom is -0.462 e. The normalized spacial score (nSPS) is 14.1. The molecule has 0 aliphatic carbocycles. The SMILES string of the molecule is COCc1ccc(C(N)CS(C)(=O)=O)o1. The van der Waals surface area contributed by atoms with Gasteiger partial charge in [0, 0.05) is 13.4 Å². The van der Waals surface area contributed by atoms with Crippen molar-refractivity contribution < 1.29 is 17.6 Å². The Balaban J connectivity index is 2.70. The molecule has 86 valence electrons. The van der Waals surface area contributed by atoms with Crippen molar-refractivity contribution in [2.24, 2.45) is 5.73 Å². The van der Waals surface area contributed by atoms with Gasteiger partial charge in [0.05, 0.1) is 11.8 Å². The average molecular weight is 233 g/mol. The summed E-state index contributed by atoms with van der Waals surface area (Å²) in [6.07, 6.45) is 1.14. The van der Waals surface area contributed by atoms with Gasteiger partial charge in [0.2, 0.25) is 0 Å². The molecule has 1 heterocycles. The molecule has 1 atom stereocenters. The van der Waals surface area contributed by atoms with E-state index < -0.39 is 15.9 Å². The zero-order valence-electron chi connectivity index (χ0n) is 8.76. The highest BCUT2D eigenvalue weighted by Crippen LogP contribution is 2.16. The molecule has 15 heavy (non-hydrogen) atoms. The number of furan rings is 1. The molecule has 0 saturated carbocycles. The Morgan fingerprint density at radius 2 is 2.20 bits per heavy atom. The van der Waals surface area contributed by atoms with E-state index in [0.29, 0.717) is 18.1 Å². The highest BCUT2D eigenvalue weighted by atomic mass is 32.2. The Morgan fingerprint density at radius 1 is 1.53 bits per heavy atom. The third-order valence-corrected chi connectivity index (χ3v) is 2.78. The van der Waals surface area contributed by atoms with Gasteiger partial charge >= 0.3 is 0 Å². The number of hydrogen-bond donors (Lipinski definition) is 1. The number of methoxy groups -OCH3 is 1. The third kappa shape index (κ3) is 4.03. The molecule has 0 fully saturated rings. The van der Waals surface area contributed by atoms with Gasteiger partial charge in [0.25, 0.3) is 0 Å². The van der Waals surface area contributed by atoms with Crippen molar-refractivity contribution in [3.8, 4) is 0 Å². The molecule has 6 heteroatoms. The fourth-order valence-electron chi connectivity index (χ4n) is 1.22. The standard InChI is InChI=1S/C9H15NO4S/c1-13-5-7-3-4-9(14-7)8(10)6-15(2,11)12/h3-4,8H,5-6,10H2,1-2H3. The van der Waals surface area contributed by atoms with E-state index in [2.05, 4.69) is 0 Å². The van der Waals surface area contributed by atoms with Crippen LogP contribution in [0.25, 0.3) is 0 Å². The quantitative estimate of drug-likeness (QED) is 0.799. The highest BCUT2D eigenvalue weighted by molar-refractivity contribution is 7.90. The van der Waals surface area contributed by atoms with Crippen molar-refractivity contribution in [1.29, 1.82) is 0 Å². The molecule has 1 unspecified atom stereocenters. The van der Waals surface area contributed by atoms with Crippen LogP contribution in [-0.4, -0.2) is 27.5 Å². The zero-order chi connectivity index (χ0) is 11.5. The van der Waals surface area contributed by atoms with Crippen molar-refractivity contribution in [2.75, 3.05) is 19.1 Å². The molecule has 0 aliphatic rings. The van der Waals surface area contributed by atoms with E-state index in [1.54, 1.807) is 19.2 Å². The second-order valence-electron chi connectivity index (χ2n) is 3.44. The van der Waals surface area contributed by atoms with Gasteiger partial charge in [-0.3, -0.25) is 0 Å². The van der Waals surface area contributed by atoms with E-state index >= 15 is 0 Å². The predicted octanol–water partition coefficient (Wildman–Crippen LogP) is 0.470. The van der Waals surface area contributed by atoms with Gasteiger partial charge in [-0.15, -0.1) is 0 Å². The molecule has 2 N–H and O–H groups in total. The summed E-state index contributed by atoms with van der Waals surface area (Å²) >= 11 is 0. The van der Waals surface area contributed by atoms with Crippen LogP contribution in [0.1, 0.15) is 17.6 Å². The van der Waals surface area contributed by atoms with Crippen LogP contribution in [0.2, 0.25) is 0 Å². The van der Waals surface area contributed by atoms with E-state index in [0.717, 1.165) is 6.26 Å². The van der Waals surface area contributed by atoms with Crippen molar-refractivity contribution in [2.45, 2.75) is 12.6 Å². The molecular weight excluding hydrogens is 218 g/mol. The van der Waals surface area contributed by atoms with Gasteiger partial charge in [-0.05, 0) is 12.1 Å². The van der Waals surface area contributed by atoms with Crippen LogP contribution < -0.4 is 5.73 Å². The van der Waals surface area contributed by atoms with E-state index in [-0.39, 0.29) is 5.75 Å². The molecule has 0 aliphatic heterocycles. The molecule has 0 aromatic carbocycles. The third-order valence-electron chi connectivity index (χ3n) is 1.82. The summed E-state index contributed by atoms with van der Waals surface area (Å²) in [5.74, 6) is 0.983. The Morgan fingerprint density at radius 3 is 2.73 bits per heavy atom. The summed E-state index contributed by atoms with van der Waals surface area (Å²) < 4.78 is 32.2. The van der Waals surface area contributed by atoms with Gasteiger partial charge in [0.15, 0.2) is 0 Å². The summed E-state index contributed by atoms with van der Waals surface area (Å²) in [7, 11) is -1.54. The van der Waals surface area contributed by atoms with Crippen LogP contribution in [0.4, 0.5) is 0 Å². The first kappa shape index (κ1) is 12.2. The van der Waals surface area contributed by atoms with Crippen LogP contribution in [0, 0.1) is 0 Å². The molecule has 1 rings (SSSR count). The topological polar surface area (TPSA) is 82.5 Å². The van der Waals surface area contributed by atoms with E-state index in [4.69, 9.17) is 14.9 Å². The maximum absolute atomic E-state index is 11.0. The van der Waals surface area contributed by atoms with Gasteiger partial charge in [-0.25, -0.2) is 8.42 Å². The van der Waals surface area contributed by atoms with Crippen LogP contribution in [-0.2, 0) is 21.2 Å². The Hall–Kier alpha value is -0.850. The number of hydrogen-bond acceptors (Lipinski definition) is 5. The fraction of sp³-hybridized carbons (Fsp3) is 0.556. The lowest BCUT2D eigenvalue weighted by molar-refractivity contribution is 0.162. The van der Waals surface area contributed by atoms with Gasteiger partial charge in [-0.1, -0.05) is 0 Å². The maximum Gasteiger partial charge on any atom is 0.149 e. The predicted molar refractivity (Wildman–Crippen MR) is 56.1 cm³/mol. The largest absolute Gasteiger partial charge is 0.462 e. The summed E-state index contributed by atoms with van der Waals surface area (Å²) in [6.45, 7) is 0.353. The zero-order valence-corrected chi connectivity index (χ0v) is 9.58. The Kier molecular flexibility index (Phi) is 3.90. The molecule has 0 spiro atoms. The van der Waals surface area contributed by atoms with Crippen molar-refractivity contribution in [3.05, 3.63) is 23.7 Å².